The summed E-state index contributed by atoms with van der Waals surface area (Å²) in [7, 11) is 0. The molecule has 114 valence electrons. The van der Waals surface area contributed by atoms with E-state index in [2.05, 4.69) is 30.9 Å². The van der Waals surface area contributed by atoms with Crippen LogP contribution in [0.2, 0.25) is 0 Å². The van der Waals surface area contributed by atoms with Crippen molar-refractivity contribution in [3.8, 4) is 0 Å². The SMILES string of the molecule is CCN(CC)c1ccc(/C=C/C(=O)c2ccc(C)cc2)cc1. The van der Waals surface area contributed by atoms with Crippen LogP contribution in [0.5, 0.6) is 0 Å². The lowest BCUT2D eigenvalue weighted by atomic mass is 10.1. The van der Waals surface area contributed by atoms with E-state index in [0.717, 1.165) is 29.8 Å². The van der Waals surface area contributed by atoms with Gasteiger partial charge >= 0.3 is 0 Å². The van der Waals surface area contributed by atoms with Gasteiger partial charge in [-0.05, 0) is 44.5 Å². The molecular weight excluding hydrogens is 270 g/mol. The van der Waals surface area contributed by atoms with Crippen LogP contribution in [0.1, 0.15) is 35.3 Å². The van der Waals surface area contributed by atoms with Gasteiger partial charge in [-0.15, -0.1) is 0 Å². The molecule has 2 aromatic rings. The molecule has 0 saturated heterocycles. The highest BCUT2D eigenvalue weighted by atomic mass is 16.1. The van der Waals surface area contributed by atoms with Crippen LogP contribution in [0.4, 0.5) is 5.69 Å². The minimum absolute atomic E-state index is 0.0350. The number of ketones is 1. The first kappa shape index (κ1) is 16.0. The Bertz CT molecular complexity index is 634. The molecule has 0 N–H and O–H groups in total. The van der Waals surface area contributed by atoms with Crippen molar-refractivity contribution < 1.29 is 4.79 Å². The van der Waals surface area contributed by atoms with Crippen LogP contribution in [0, 0.1) is 6.92 Å². The summed E-state index contributed by atoms with van der Waals surface area (Å²) in [6.45, 7) is 8.31. The van der Waals surface area contributed by atoms with E-state index in [1.807, 2.05) is 49.4 Å². The van der Waals surface area contributed by atoms with Crippen LogP contribution in [0.3, 0.4) is 0 Å². The molecule has 0 spiro atoms. The zero-order valence-electron chi connectivity index (χ0n) is 13.5. The molecule has 0 bridgehead atoms. The summed E-state index contributed by atoms with van der Waals surface area (Å²) in [6.07, 6.45) is 3.51. The lowest BCUT2D eigenvalue weighted by Crippen LogP contribution is -2.21. The summed E-state index contributed by atoms with van der Waals surface area (Å²) in [5.74, 6) is 0.0350. The van der Waals surface area contributed by atoms with Crippen molar-refractivity contribution in [1.82, 2.24) is 0 Å². The number of hydrogen-bond acceptors (Lipinski definition) is 2. The Morgan fingerprint density at radius 3 is 2.09 bits per heavy atom. The van der Waals surface area contributed by atoms with E-state index in [1.165, 1.54) is 5.69 Å². The predicted molar refractivity (Wildman–Crippen MR) is 94.5 cm³/mol. The number of carbonyl (C=O) groups excluding carboxylic acids is 1. The highest BCUT2D eigenvalue weighted by Crippen LogP contribution is 2.16. The van der Waals surface area contributed by atoms with Gasteiger partial charge in [0, 0.05) is 24.3 Å². The van der Waals surface area contributed by atoms with Crippen LogP contribution in [0.15, 0.2) is 54.6 Å². The second-order valence-corrected chi connectivity index (χ2v) is 5.33. The van der Waals surface area contributed by atoms with Crippen molar-refractivity contribution in [3.63, 3.8) is 0 Å². The second-order valence-electron chi connectivity index (χ2n) is 5.33. The fourth-order valence-corrected chi connectivity index (χ4v) is 2.37. The number of rotatable bonds is 6. The van der Waals surface area contributed by atoms with Gasteiger partial charge in [0.25, 0.3) is 0 Å². The van der Waals surface area contributed by atoms with Crippen molar-refractivity contribution >= 4 is 17.5 Å². The topological polar surface area (TPSA) is 20.3 Å². The number of aryl methyl sites for hydroxylation is 1. The molecule has 0 radical (unpaired) electrons. The Morgan fingerprint density at radius 1 is 0.955 bits per heavy atom. The minimum atomic E-state index is 0.0350. The van der Waals surface area contributed by atoms with Crippen molar-refractivity contribution in [2.24, 2.45) is 0 Å². The van der Waals surface area contributed by atoms with Crippen LogP contribution < -0.4 is 4.90 Å². The highest BCUT2D eigenvalue weighted by Gasteiger charge is 2.02. The zero-order chi connectivity index (χ0) is 15.9. The monoisotopic (exact) mass is 293 g/mol. The summed E-state index contributed by atoms with van der Waals surface area (Å²) >= 11 is 0. The summed E-state index contributed by atoms with van der Waals surface area (Å²) in [6, 6.07) is 15.9. The fraction of sp³-hybridized carbons (Fsp3) is 0.250. The normalized spacial score (nSPS) is 10.9. The molecule has 0 aliphatic heterocycles. The van der Waals surface area contributed by atoms with E-state index in [9.17, 15) is 4.79 Å². The third-order valence-electron chi connectivity index (χ3n) is 3.78. The van der Waals surface area contributed by atoms with E-state index < -0.39 is 0 Å². The number of carbonyl (C=O) groups is 1. The largest absolute Gasteiger partial charge is 0.372 e. The zero-order valence-corrected chi connectivity index (χ0v) is 13.5. The third kappa shape index (κ3) is 4.08. The summed E-state index contributed by atoms with van der Waals surface area (Å²) in [5, 5.41) is 0. The fourth-order valence-electron chi connectivity index (χ4n) is 2.37. The molecule has 0 fully saturated rings. The first-order valence-electron chi connectivity index (χ1n) is 7.78. The quantitative estimate of drug-likeness (QED) is 0.566. The van der Waals surface area contributed by atoms with E-state index in [1.54, 1.807) is 6.08 Å². The molecule has 2 nitrogen and oxygen atoms in total. The number of benzene rings is 2. The molecular formula is C20H23NO. The Labute approximate surface area is 133 Å². The van der Waals surface area contributed by atoms with Gasteiger partial charge in [0.2, 0.25) is 0 Å². The first-order chi connectivity index (χ1) is 10.6. The van der Waals surface area contributed by atoms with Crippen molar-refractivity contribution in [2.75, 3.05) is 18.0 Å². The average Bonchev–Trinajstić information content (AvgIpc) is 2.55. The van der Waals surface area contributed by atoms with Gasteiger partial charge in [-0.1, -0.05) is 48.0 Å². The third-order valence-corrected chi connectivity index (χ3v) is 3.78. The van der Waals surface area contributed by atoms with Crippen LogP contribution >= 0.6 is 0 Å². The summed E-state index contributed by atoms with van der Waals surface area (Å²) in [4.78, 5) is 14.4. The van der Waals surface area contributed by atoms with Gasteiger partial charge in [0.1, 0.15) is 0 Å². The van der Waals surface area contributed by atoms with E-state index in [0.29, 0.717) is 0 Å². The van der Waals surface area contributed by atoms with Crippen LogP contribution in [-0.4, -0.2) is 18.9 Å². The van der Waals surface area contributed by atoms with E-state index >= 15 is 0 Å². The minimum Gasteiger partial charge on any atom is -0.372 e. The molecule has 0 atom stereocenters. The summed E-state index contributed by atoms with van der Waals surface area (Å²) < 4.78 is 0. The van der Waals surface area contributed by atoms with Gasteiger partial charge < -0.3 is 4.90 Å². The Hall–Kier alpha value is -2.35. The Kier molecular flexibility index (Phi) is 5.54. The second kappa shape index (κ2) is 7.60. The Balaban J connectivity index is 2.06. The van der Waals surface area contributed by atoms with Gasteiger partial charge in [-0.25, -0.2) is 0 Å². The van der Waals surface area contributed by atoms with Crippen molar-refractivity contribution in [1.29, 1.82) is 0 Å². The predicted octanol–water partition coefficient (Wildman–Crippen LogP) is 4.74. The molecule has 2 aromatic carbocycles. The summed E-state index contributed by atoms with van der Waals surface area (Å²) in [5.41, 5.74) is 4.14. The smallest absolute Gasteiger partial charge is 0.185 e. The van der Waals surface area contributed by atoms with Gasteiger partial charge in [0.05, 0.1) is 0 Å². The van der Waals surface area contributed by atoms with Gasteiger partial charge in [0.15, 0.2) is 5.78 Å². The molecule has 2 rings (SSSR count). The van der Waals surface area contributed by atoms with E-state index in [4.69, 9.17) is 0 Å². The van der Waals surface area contributed by atoms with Crippen LogP contribution in [-0.2, 0) is 0 Å². The molecule has 2 heteroatoms. The molecule has 0 unspecified atom stereocenters. The highest BCUT2D eigenvalue weighted by molar-refractivity contribution is 6.06. The van der Waals surface area contributed by atoms with Gasteiger partial charge in [-0.3, -0.25) is 4.79 Å². The van der Waals surface area contributed by atoms with Gasteiger partial charge in [-0.2, -0.15) is 0 Å². The van der Waals surface area contributed by atoms with Crippen LogP contribution in [0.25, 0.3) is 6.08 Å². The number of anilines is 1. The molecule has 0 saturated carbocycles. The molecule has 0 aliphatic rings. The number of allylic oxidation sites excluding steroid dienone is 1. The maximum Gasteiger partial charge on any atom is 0.185 e. The average molecular weight is 293 g/mol. The first-order valence-corrected chi connectivity index (χ1v) is 7.78. The molecule has 0 aromatic heterocycles. The lowest BCUT2D eigenvalue weighted by molar-refractivity contribution is 0.104. The number of hydrogen-bond donors (Lipinski definition) is 0. The molecule has 0 aliphatic carbocycles. The number of nitrogens with zero attached hydrogens (tertiary/aromatic N) is 1. The Morgan fingerprint density at radius 2 is 1.55 bits per heavy atom. The maximum absolute atomic E-state index is 12.1. The van der Waals surface area contributed by atoms with E-state index in [-0.39, 0.29) is 5.78 Å². The van der Waals surface area contributed by atoms with Crippen molar-refractivity contribution in [3.05, 3.63) is 71.3 Å². The lowest BCUT2D eigenvalue weighted by Gasteiger charge is -2.20. The maximum atomic E-state index is 12.1. The molecule has 22 heavy (non-hydrogen) atoms. The molecule has 0 amide bonds. The van der Waals surface area contributed by atoms with Crippen molar-refractivity contribution in [2.45, 2.75) is 20.8 Å². The molecule has 0 heterocycles. The standard InChI is InChI=1S/C20H23NO/c1-4-21(5-2)19-13-8-17(9-14-19)10-15-20(22)18-11-6-16(3)7-12-18/h6-15H,4-5H2,1-3H3/b15-10+.